The van der Waals surface area contributed by atoms with E-state index in [1.165, 1.54) is 5.56 Å². The maximum atomic E-state index is 12.6. The molecule has 2 aromatic carbocycles. The normalized spacial score (nSPS) is 12.0. The van der Waals surface area contributed by atoms with E-state index in [0.29, 0.717) is 26.2 Å². The number of ether oxygens (including phenoxy) is 2. The molecular formula is C21H28N2O3. The molecule has 0 fully saturated rings. The Hall–Kier alpha value is -2.37. The van der Waals surface area contributed by atoms with Crippen molar-refractivity contribution in [3.05, 3.63) is 65.7 Å². The van der Waals surface area contributed by atoms with Gasteiger partial charge in [0.05, 0.1) is 26.3 Å². The van der Waals surface area contributed by atoms with Gasteiger partial charge in [0.2, 0.25) is 5.91 Å². The van der Waals surface area contributed by atoms with Gasteiger partial charge >= 0.3 is 0 Å². The Bertz CT molecular complexity index is 676. The van der Waals surface area contributed by atoms with Crippen LogP contribution in [-0.2, 0) is 16.1 Å². The van der Waals surface area contributed by atoms with Crippen molar-refractivity contribution in [3.63, 3.8) is 0 Å². The van der Waals surface area contributed by atoms with Crippen LogP contribution in [-0.4, -0.2) is 44.7 Å². The fourth-order valence-corrected chi connectivity index (χ4v) is 2.87. The number of hydrogen-bond acceptors (Lipinski definition) is 4. The topological polar surface area (TPSA) is 50.8 Å². The lowest BCUT2D eigenvalue weighted by Crippen LogP contribution is -2.39. The second-order valence-corrected chi connectivity index (χ2v) is 6.22. The molecule has 0 radical (unpaired) electrons. The predicted molar refractivity (Wildman–Crippen MR) is 103 cm³/mol. The molecule has 2 rings (SSSR count). The molecule has 0 aromatic heterocycles. The maximum Gasteiger partial charge on any atom is 0.234 e. The highest BCUT2D eigenvalue weighted by molar-refractivity contribution is 5.78. The van der Waals surface area contributed by atoms with Crippen molar-refractivity contribution in [2.24, 2.45) is 0 Å². The van der Waals surface area contributed by atoms with Crippen molar-refractivity contribution >= 4 is 5.91 Å². The molecule has 2 aromatic rings. The van der Waals surface area contributed by atoms with Crippen LogP contribution in [0.1, 0.15) is 24.1 Å². The van der Waals surface area contributed by atoms with Crippen molar-refractivity contribution < 1.29 is 14.3 Å². The van der Waals surface area contributed by atoms with Crippen molar-refractivity contribution in [1.82, 2.24) is 10.2 Å². The van der Waals surface area contributed by atoms with Crippen LogP contribution in [0.2, 0.25) is 0 Å². The number of amides is 1. The van der Waals surface area contributed by atoms with Crippen molar-refractivity contribution in [2.75, 3.05) is 33.9 Å². The van der Waals surface area contributed by atoms with E-state index in [0.717, 1.165) is 11.3 Å². The summed E-state index contributed by atoms with van der Waals surface area (Å²) in [6.45, 7) is 4.27. The Morgan fingerprint density at radius 1 is 1.08 bits per heavy atom. The standard InChI is InChI=1S/C21H28N2O3/c1-17(19-11-7-8-12-20(19)26-3)22-21(24)16-23(13-14-25-2)15-18-9-5-4-6-10-18/h4-12,17H,13-16H2,1-3H3,(H,22,24). The summed E-state index contributed by atoms with van der Waals surface area (Å²) in [5.41, 5.74) is 2.14. The zero-order valence-corrected chi connectivity index (χ0v) is 15.8. The fraction of sp³-hybridized carbons (Fsp3) is 0.381. The summed E-state index contributed by atoms with van der Waals surface area (Å²) in [5, 5.41) is 3.06. The molecule has 1 atom stereocenters. The van der Waals surface area contributed by atoms with Gasteiger partial charge in [-0.25, -0.2) is 0 Å². The van der Waals surface area contributed by atoms with Crippen LogP contribution in [0.3, 0.4) is 0 Å². The number of carbonyl (C=O) groups is 1. The molecule has 5 heteroatoms. The van der Waals surface area contributed by atoms with Gasteiger partial charge in [-0.05, 0) is 18.6 Å². The van der Waals surface area contributed by atoms with Gasteiger partial charge in [-0.1, -0.05) is 48.5 Å². The van der Waals surface area contributed by atoms with Gasteiger partial charge in [0.15, 0.2) is 0 Å². The molecule has 0 saturated carbocycles. The van der Waals surface area contributed by atoms with Crippen molar-refractivity contribution in [2.45, 2.75) is 19.5 Å². The average Bonchev–Trinajstić information content (AvgIpc) is 2.66. The highest BCUT2D eigenvalue weighted by Crippen LogP contribution is 2.24. The van der Waals surface area contributed by atoms with Crippen LogP contribution in [0.15, 0.2) is 54.6 Å². The van der Waals surface area contributed by atoms with E-state index in [1.807, 2.05) is 49.4 Å². The van der Waals surface area contributed by atoms with Crippen molar-refractivity contribution in [3.8, 4) is 5.75 Å². The molecule has 0 heterocycles. The number of rotatable bonds is 10. The quantitative estimate of drug-likeness (QED) is 0.711. The smallest absolute Gasteiger partial charge is 0.234 e. The molecule has 140 valence electrons. The van der Waals surface area contributed by atoms with Crippen LogP contribution in [0.25, 0.3) is 0 Å². The largest absolute Gasteiger partial charge is 0.496 e. The lowest BCUT2D eigenvalue weighted by atomic mass is 10.1. The van der Waals surface area contributed by atoms with Gasteiger partial charge in [0.1, 0.15) is 5.75 Å². The van der Waals surface area contributed by atoms with Gasteiger partial charge < -0.3 is 14.8 Å². The van der Waals surface area contributed by atoms with Crippen molar-refractivity contribution in [1.29, 1.82) is 0 Å². The lowest BCUT2D eigenvalue weighted by Gasteiger charge is -2.23. The lowest BCUT2D eigenvalue weighted by molar-refractivity contribution is -0.123. The number of nitrogens with one attached hydrogen (secondary N) is 1. The molecule has 5 nitrogen and oxygen atoms in total. The van der Waals surface area contributed by atoms with E-state index in [-0.39, 0.29) is 11.9 Å². The zero-order valence-electron chi connectivity index (χ0n) is 15.8. The van der Waals surface area contributed by atoms with Crippen LogP contribution >= 0.6 is 0 Å². The van der Waals surface area contributed by atoms with Gasteiger partial charge in [0.25, 0.3) is 0 Å². The molecule has 0 aliphatic carbocycles. The second-order valence-electron chi connectivity index (χ2n) is 6.22. The van der Waals surface area contributed by atoms with Crippen LogP contribution < -0.4 is 10.1 Å². The molecule has 0 bridgehead atoms. The fourth-order valence-electron chi connectivity index (χ4n) is 2.87. The summed E-state index contributed by atoms with van der Waals surface area (Å²) in [4.78, 5) is 14.6. The third-order valence-electron chi connectivity index (χ3n) is 4.21. The van der Waals surface area contributed by atoms with Gasteiger partial charge in [0, 0.05) is 25.8 Å². The Balaban J connectivity index is 1.97. The van der Waals surface area contributed by atoms with Gasteiger partial charge in [-0.15, -0.1) is 0 Å². The first kappa shape index (κ1) is 19.9. The first-order valence-electron chi connectivity index (χ1n) is 8.81. The third-order valence-corrected chi connectivity index (χ3v) is 4.21. The number of benzene rings is 2. The highest BCUT2D eigenvalue weighted by atomic mass is 16.5. The Morgan fingerprint density at radius 3 is 2.46 bits per heavy atom. The summed E-state index contributed by atoms with van der Waals surface area (Å²) in [6, 6.07) is 17.7. The number of nitrogens with zero attached hydrogens (tertiary/aromatic N) is 1. The maximum absolute atomic E-state index is 12.6. The molecule has 0 spiro atoms. The van der Waals surface area contributed by atoms with E-state index in [9.17, 15) is 4.79 Å². The molecule has 1 amide bonds. The van der Waals surface area contributed by atoms with E-state index < -0.39 is 0 Å². The molecule has 1 N–H and O–H groups in total. The second kappa shape index (κ2) is 10.6. The minimum absolute atomic E-state index is 0.0181. The monoisotopic (exact) mass is 356 g/mol. The molecule has 0 aliphatic rings. The Labute approximate surface area is 155 Å². The van der Waals surface area contributed by atoms with Crippen LogP contribution in [0.4, 0.5) is 0 Å². The van der Waals surface area contributed by atoms with E-state index in [1.54, 1.807) is 14.2 Å². The molecule has 26 heavy (non-hydrogen) atoms. The number of carbonyl (C=O) groups excluding carboxylic acids is 1. The van der Waals surface area contributed by atoms with Crippen LogP contribution in [0.5, 0.6) is 5.75 Å². The molecule has 0 aliphatic heterocycles. The minimum atomic E-state index is -0.125. The third kappa shape index (κ3) is 6.17. The Morgan fingerprint density at radius 2 is 1.77 bits per heavy atom. The number of hydrogen-bond donors (Lipinski definition) is 1. The first-order valence-corrected chi connectivity index (χ1v) is 8.81. The molecule has 1 unspecified atom stereocenters. The van der Waals surface area contributed by atoms with E-state index in [4.69, 9.17) is 9.47 Å². The number of para-hydroxylation sites is 1. The number of methoxy groups -OCH3 is 2. The average molecular weight is 356 g/mol. The highest BCUT2D eigenvalue weighted by Gasteiger charge is 2.16. The zero-order chi connectivity index (χ0) is 18.8. The molecular weight excluding hydrogens is 328 g/mol. The first-order chi connectivity index (χ1) is 12.6. The minimum Gasteiger partial charge on any atom is -0.496 e. The summed E-state index contributed by atoms with van der Waals surface area (Å²) in [6.07, 6.45) is 0. The van der Waals surface area contributed by atoms with Gasteiger partial charge in [-0.3, -0.25) is 9.69 Å². The summed E-state index contributed by atoms with van der Waals surface area (Å²) < 4.78 is 10.6. The van der Waals surface area contributed by atoms with E-state index in [2.05, 4.69) is 22.3 Å². The van der Waals surface area contributed by atoms with Crippen LogP contribution in [0, 0.1) is 0 Å². The predicted octanol–water partition coefficient (Wildman–Crippen LogP) is 3.02. The summed E-state index contributed by atoms with van der Waals surface area (Å²) in [7, 11) is 3.31. The van der Waals surface area contributed by atoms with E-state index >= 15 is 0 Å². The molecule has 0 saturated heterocycles. The Kier molecular flexibility index (Phi) is 8.12. The summed E-state index contributed by atoms with van der Waals surface area (Å²) >= 11 is 0. The summed E-state index contributed by atoms with van der Waals surface area (Å²) in [5.74, 6) is 0.760. The SMILES string of the molecule is COCCN(CC(=O)NC(C)c1ccccc1OC)Cc1ccccc1. The van der Waals surface area contributed by atoms with Gasteiger partial charge in [-0.2, -0.15) is 0 Å².